The van der Waals surface area contributed by atoms with E-state index >= 15 is 0 Å². The maximum Gasteiger partial charge on any atom is 0.137 e. The quantitative estimate of drug-likeness (QED) is 0.746. The maximum absolute atomic E-state index is 4.80. The molecule has 0 unspecified atom stereocenters. The zero-order valence-electron chi connectivity index (χ0n) is 13.8. The lowest BCUT2D eigenvalue weighted by Gasteiger charge is -2.25. The number of rotatable bonds is 9. The first-order valence-electron chi connectivity index (χ1n) is 8.04. The van der Waals surface area contributed by atoms with E-state index in [2.05, 4.69) is 49.8 Å². The van der Waals surface area contributed by atoms with Crippen LogP contribution in [0.1, 0.15) is 58.3 Å². The Kier molecular flexibility index (Phi) is 7.34. The molecule has 20 heavy (non-hydrogen) atoms. The molecule has 0 spiro atoms. The SMILES string of the molecule is CCCCN(CC)c1nc(CCC)nc(NCC)c1C. The molecule has 0 aliphatic heterocycles. The summed E-state index contributed by atoms with van der Waals surface area (Å²) in [6.45, 7) is 13.8. The summed E-state index contributed by atoms with van der Waals surface area (Å²) in [6.07, 6.45) is 4.44. The van der Waals surface area contributed by atoms with Gasteiger partial charge in [0.25, 0.3) is 0 Å². The Morgan fingerprint density at radius 1 is 1.05 bits per heavy atom. The summed E-state index contributed by atoms with van der Waals surface area (Å²) < 4.78 is 0. The minimum absolute atomic E-state index is 0.893. The predicted octanol–water partition coefficient (Wildman–Crippen LogP) is 3.80. The number of aromatic nitrogens is 2. The van der Waals surface area contributed by atoms with Crippen molar-refractivity contribution in [2.45, 2.75) is 60.3 Å². The standard InChI is InChI=1S/C16H30N4/c1-6-10-12-20(9-4)16-13(5)15(17-8-3)18-14(19-16)11-7-2/h6-12H2,1-5H3,(H,17,18,19). The Balaban J connectivity index is 3.12. The first-order chi connectivity index (χ1) is 9.67. The molecule has 4 nitrogen and oxygen atoms in total. The van der Waals surface area contributed by atoms with Gasteiger partial charge < -0.3 is 10.2 Å². The molecule has 1 aromatic rings. The molecule has 0 aromatic carbocycles. The van der Waals surface area contributed by atoms with E-state index in [1.807, 2.05) is 0 Å². The third-order valence-corrected chi connectivity index (χ3v) is 3.45. The van der Waals surface area contributed by atoms with Gasteiger partial charge in [-0.1, -0.05) is 20.3 Å². The molecular weight excluding hydrogens is 248 g/mol. The van der Waals surface area contributed by atoms with E-state index < -0.39 is 0 Å². The van der Waals surface area contributed by atoms with Gasteiger partial charge in [0.15, 0.2) is 0 Å². The molecule has 1 rings (SSSR count). The molecule has 0 radical (unpaired) electrons. The zero-order valence-corrected chi connectivity index (χ0v) is 13.8. The van der Waals surface area contributed by atoms with Gasteiger partial charge in [-0.3, -0.25) is 0 Å². The van der Waals surface area contributed by atoms with Crippen LogP contribution in [0.2, 0.25) is 0 Å². The Bertz CT molecular complexity index is 404. The average Bonchev–Trinajstić information content (AvgIpc) is 2.44. The van der Waals surface area contributed by atoms with Crippen LogP contribution >= 0.6 is 0 Å². The van der Waals surface area contributed by atoms with Crippen molar-refractivity contribution in [2.75, 3.05) is 29.9 Å². The second-order valence-corrected chi connectivity index (χ2v) is 5.15. The van der Waals surface area contributed by atoms with Crippen molar-refractivity contribution in [1.82, 2.24) is 9.97 Å². The number of hydrogen-bond donors (Lipinski definition) is 1. The fourth-order valence-electron chi connectivity index (χ4n) is 2.30. The van der Waals surface area contributed by atoms with E-state index in [4.69, 9.17) is 4.98 Å². The van der Waals surface area contributed by atoms with Crippen LogP contribution in [0.25, 0.3) is 0 Å². The van der Waals surface area contributed by atoms with Gasteiger partial charge >= 0.3 is 0 Å². The van der Waals surface area contributed by atoms with E-state index in [9.17, 15) is 0 Å². The van der Waals surface area contributed by atoms with Crippen LogP contribution in [-0.2, 0) is 6.42 Å². The molecule has 0 saturated carbocycles. The largest absolute Gasteiger partial charge is 0.370 e. The lowest BCUT2D eigenvalue weighted by atomic mass is 10.2. The minimum atomic E-state index is 0.893. The Labute approximate surface area is 124 Å². The van der Waals surface area contributed by atoms with Crippen molar-refractivity contribution < 1.29 is 0 Å². The van der Waals surface area contributed by atoms with Gasteiger partial charge in [-0.25, -0.2) is 9.97 Å². The van der Waals surface area contributed by atoms with Crippen molar-refractivity contribution in [3.8, 4) is 0 Å². The van der Waals surface area contributed by atoms with E-state index in [1.54, 1.807) is 0 Å². The summed E-state index contributed by atoms with van der Waals surface area (Å²) in [7, 11) is 0. The van der Waals surface area contributed by atoms with Gasteiger partial charge in [0.1, 0.15) is 17.5 Å². The first-order valence-corrected chi connectivity index (χ1v) is 8.04. The third-order valence-electron chi connectivity index (χ3n) is 3.45. The molecule has 0 amide bonds. The zero-order chi connectivity index (χ0) is 15.0. The number of hydrogen-bond acceptors (Lipinski definition) is 4. The lowest BCUT2D eigenvalue weighted by Crippen LogP contribution is -2.27. The highest BCUT2D eigenvalue weighted by molar-refractivity contribution is 5.58. The summed E-state index contributed by atoms with van der Waals surface area (Å²) >= 11 is 0. The van der Waals surface area contributed by atoms with Crippen LogP contribution in [-0.4, -0.2) is 29.6 Å². The second kappa shape index (κ2) is 8.77. The van der Waals surface area contributed by atoms with Gasteiger partial charge in [-0.2, -0.15) is 0 Å². The minimum Gasteiger partial charge on any atom is -0.370 e. The smallest absolute Gasteiger partial charge is 0.137 e. The van der Waals surface area contributed by atoms with E-state index in [0.29, 0.717) is 0 Å². The molecule has 0 bridgehead atoms. The van der Waals surface area contributed by atoms with Crippen molar-refractivity contribution in [3.63, 3.8) is 0 Å². The molecule has 1 aromatic heterocycles. The molecule has 0 saturated heterocycles. The van der Waals surface area contributed by atoms with Crippen molar-refractivity contribution in [3.05, 3.63) is 11.4 Å². The molecule has 1 N–H and O–H groups in total. The number of aryl methyl sites for hydroxylation is 1. The van der Waals surface area contributed by atoms with E-state index in [-0.39, 0.29) is 0 Å². The van der Waals surface area contributed by atoms with Gasteiger partial charge in [0.05, 0.1) is 0 Å². The van der Waals surface area contributed by atoms with Gasteiger partial charge in [-0.15, -0.1) is 0 Å². The van der Waals surface area contributed by atoms with Crippen LogP contribution in [0, 0.1) is 6.92 Å². The van der Waals surface area contributed by atoms with Gasteiger partial charge in [0.2, 0.25) is 0 Å². The number of nitrogens with zero attached hydrogens (tertiary/aromatic N) is 3. The highest BCUT2D eigenvalue weighted by Gasteiger charge is 2.15. The van der Waals surface area contributed by atoms with Gasteiger partial charge in [0, 0.05) is 31.6 Å². The molecule has 4 heteroatoms. The third kappa shape index (κ3) is 4.36. The Morgan fingerprint density at radius 2 is 1.80 bits per heavy atom. The highest BCUT2D eigenvalue weighted by Crippen LogP contribution is 2.24. The molecule has 0 aliphatic carbocycles. The van der Waals surface area contributed by atoms with E-state index in [1.165, 1.54) is 18.4 Å². The molecule has 0 fully saturated rings. The van der Waals surface area contributed by atoms with Crippen LogP contribution in [0.5, 0.6) is 0 Å². The maximum atomic E-state index is 4.80. The summed E-state index contributed by atoms with van der Waals surface area (Å²) in [5.41, 5.74) is 1.17. The summed E-state index contributed by atoms with van der Waals surface area (Å²) in [5, 5.41) is 3.37. The Hall–Kier alpha value is -1.32. The summed E-state index contributed by atoms with van der Waals surface area (Å²) in [6, 6.07) is 0. The monoisotopic (exact) mass is 278 g/mol. The number of anilines is 2. The Morgan fingerprint density at radius 3 is 2.35 bits per heavy atom. The first kappa shape index (κ1) is 16.7. The van der Waals surface area contributed by atoms with Crippen LogP contribution in [0.3, 0.4) is 0 Å². The molecule has 1 heterocycles. The molecule has 114 valence electrons. The summed E-state index contributed by atoms with van der Waals surface area (Å²) in [4.78, 5) is 11.8. The molecule has 0 atom stereocenters. The lowest BCUT2D eigenvalue weighted by molar-refractivity contribution is 0.713. The summed E-state index contributed by atoms with van der Waals surface area (Å²) in [5.74, 6) is 3.06. The van der Waals surface area contributed by atoms with Crippen molar-refractivity contribution in [2.24, 2.45) is 0 Å². The molecule has 0 aliphatic rings. The average molecular weight is 278 g/mol. The molecular formula is C16H30N4. The predicted molar refractivity (Wildman–Crippen MR) is 87.7 cm³/mol. The normalized spacial score (nSPS) is 10.7. The highest BCUT2D eigenvalue weighted by atomic mass is 15.2. The van der Waals surface area contributed by atoms with E-state index in [0.717, 1.165) is 49.9 Å². The fourth-order valence-corrected chi connectivity index (χ4v) is 2.30. The topological polar surface area (TPSA) is 41.1 Å². The van der Waals surface area contributed by atoms with Gasteiger partial charge in [-0.05, 0) is 33.6 Å². The van der Waals surface area contributed by atoms with Crippen LogP contribution < -0.4 is 10.2 Å². The van der Waals surface area contributed by atoms with Crippen LogP contribution in [0.4, 0.5) is 11.6 Å². The second-order valence-electron chi connectivity index (χ2n) is 5.15. The van der Waals surface area contributed by atoms with Crippen molar-refractivity contribution in [1.29, 1.82) is 0 Å². The fraction of sp³-hybridized carbons (Fsp3) is 0.750. The van der Waals surface area contributed by atoms with Crippen LogP contribution in [0.15, 0.2) is 0 Å². The number of unbranched alkanes of at least 4 members (excludes halogenated alkanes) is 1. The van der Waals surface area contributed by atoms with Crippen molar-refractivity contribution >= 4 is 11.6 Å². The number of nitrogens with one attached hydrogen (secondary N) is 1.